The maximum atomic E-state index is 15.7. The van der Waals surface area contributed by atoms with Gasteiger partial charge in [0.05, 0.1) is 31.1 Å². The summed E-state index contributed by atoms with van der Waals surface area (Å²) in [5.74, 6) is -13.4. The van der Waals surface area contributed by atoms with Crippen LogP contribution >= 0.6 is 11.6 Å². The normalized spacial score (nSPS) is 26.8. The van der Waals surface area contributed by atoms with Crippen LogP contribution in [0.5, 0.6) is 0 Å². The van der Waals surface area contributed by atoms with Gasteiger partial charge in [-0.1, -0.05) is 43.7 Å². The van der Waals surface area contributed by atoms with Crippen LogP contribution in [-0.4, -0.2) is 143 Å². The quantitative estimate of drug-likeness (QED) is 0.197. The van der Waals surface area contributed by atoms with Crippen LogP contribution < -0.4 is 16.4 Å². The molecule has 16 nitrogen and oxygen atoms in total. The molecule has 1 aromatic carbocycles. The zero-order valence-electron chi connectivity index (χ0n) is 39.4. The predicted molar refractivity (Wildman–Crippen MR) is 244 cm³/mol. The van der Waals surface area contributed by atoms with Gasteiger partial charge in [0.25, 0.3) is 15.9 Å². The Labute approximate surface area is 407 Å². The molecule has 2 saturated carbocycles. The molecule has 4 aliphatic rings. The molecule has 6 atom stereocenters. The van der Waals surface area contributed by atoms with E-state index in [-0.39, 0.29) is 60.9 Å². The summed E-state index contributed by atoms with van der Waals surface area (Å²) in [4.78, 5) is 88.7. The maximum absolute atomic E-state index is 15.7. The topological polar surface area (TPSA) is 214 Å². The van der Waals surface area contributed by atoms with Crippen LogP contribution in [0.1, 0.15) is 83.6 Å². The summed E-state index contributed by atoms with van der Waals surface area (Å²) in [7, 11) is -1.19. The lowest BCUT2D eigenvalue weighted by Crippen LogP contribution is -2.70. The van der Waals surface area contributed by atoms with E-state index in [2.05, 4.69) is 15.7 Å². The summed E-state index contributed by atoms with van der Waals surface area (Å²) in [5, 5.41) is 9.86. The number of nitrogens with one attached hydrogen (secondary N) is 2. The molecular weight excluding hydrogens is 974 g/mol. The van der Waals surface area contributed by atoms with Gasteiger partial charge in [-0.15, -0.1) is 0 Å². The zero-order valence-corrected chi connectivity index (χ0v) is 41.0. The second-order valence-corrected chi connectivity index (χ2v) is 21.9. The first-order valence-electron chi connectivity index (χ1n) is 23.1. The molecule has 24 heteroatoms. The van der Waals surface area contributed by atoms with Crippen LogP contribution in [0.4, 0.5) is 26.3 Å². The van der Waals surface area contributed by atoms with Gasteiger partial charge in [-0.2, -0.15) is 22.4 Å². The highest BCUT2D eigenvalue weighted by Crippen LogP contribution is 2.62. The number of rotatable bonds is 12. The van der Waals surface area contributed by atoms with E-state index in [1.165, 1.54) is 31.4 Å². The summed E-state index contributed by atoms with van der Waals surface area (Å²) in [5.41, 5.74) is 0.777. The van der Waals surface area contributed by atoms with Gasteiger partial charge in [0, 0.05) is 56.9 Å². The SMILES string of the molecule is CC(C)C[C@@H]1NC(=O)[C@@H](N(C)C(=O)[C@@H](C2CC2)C2(C(N)=O)CC(F)CN2C(=O)C2(C(F)(F)F)CC(F)(F)C2)CC/C=C\CCCNC(=O)[C@H](Cc2cc(Cl)ccc2-c2cnn(S(C)(=O)=O)c2)N(C)C1=O. The van der Waals surface area contributed by atoms with Crippen molar-refractivity contribution in [2.75, 3.05) is 33.4 Å². The van der Waals surface area contributed by atoms with E-state index in [4.69, 9.17) is 17.3 Å². The second-order valence-electron chi connectivity index (χ2n) is 19.6. The zero-order chi connectivity index (χ0) is 51.9. The number of hydrogen-bond acceptors (Lipinski definition) is 9. The average molecular weight is 1030 g/mol. The molecule has 1 aromatic heterocycles. The molecule has 3 heterocycles. The summed E-state index contributed by atoms with van der Waals surface area (Å²) in [6, 6.07) is 0.723. The van der Waals surface area contributed by atoms with Crippen molar-refractivity contribution in [3.63, 3.8) is 0 Å². The average Bonchev–Trinajstić information content (AvgIpc) is 3.82. The molecule has 1 saturated heterocycles. The largest absolute Gasteiger partial charge is 0.403 e. The highest BCUT2D eigenvalue weighted by atomic mass is 35.5. The Balaban J connectivity index is 1.35. The van der Waals surface area contributed by atoms with E-state index in [1.54, 1.807) is 44.2 Å². The molecule has 2 aromatic rings. The third-order valence-corrected chi connectivity index (χ3v) is 15.0. The molecule has 4 N–H and O–H groups in total. The number of likely N-dealkylation sites (N-methyl/N-ethyl adjacent to an activating group) is 2. The van der Waals surface area contributed by atoms with E-state index in [0.29, 0.717) is 29.5 Å². The van der Waals surface area contributed by atoms with Crippen molar-refractivity contribution in [1.29, 1.82) is 0 Å². The van der Waals surface area contributed by atoms with Crippen molar-refractivity contribution in [2.45, 2.75) is 126 Å². The first kappa shape index (κ1) is 54.1. The van der Waals surface area contributed by atoms with Crippen molar-refractivity contribution in [3.8, 4) is 11.1 Å². The highest BCUT2D eigenvalue weighted by molar-refractivity contribution is 7.89. The minimum atomic E-state index is -5.54. The Morgan fingerprint density at radius 1 is 1.04 bits per heavy atom. The number of carbonyl (C=O) groups is 6. The minimum Gasteiger partial charge on any atom is -0.368 e. The molecule has 6 rings (SSSR count). The number of amides is 6. The van der Waals surface area contributed by atoms with E-state index in [1.807, 2.05) is 0 Å². The molecule has 2 aliphatic carbocycles. The lowest BCUT2D eigenvalue weighted by atomic mass is 9.63. The van der Waals surface area contributed by atoms with Gasteiger partial charge in [-0.05, 0) is 80.0 Å². The van der Waals surface area contributed by atoms with Crippen molar-refractivity contribution in [1.82, 2.24) is 34.5 Å². The van der Waals surface area contributed by atoms with Gasteiger partial charge >= 0.3 is 6.18 Å². The number of alkyl halides is 6. The molecule has 386 valence electrons. The smallest absolute Gasteiger partial charge is 0.368 e. The molecule has 0 radical (unpaired) electrons. The lowest BCUT2D eigenvalue weighted by molar-refractivity contribution is -0.300. The molecule has 0 bridgehead atoms. The molecule has 3 fully saturated rings. The van der Waals surface area contributed by atoms with E-state index < -0.39 is 130 Å². The van der Waals surface area contributed by atoms with Crippen LogP contribution in [0, 0.1) is 23.2 Å². The third-order valence-electron chi connectivity index (χ3n) is 13.9. The van der Waals surface area contributed by atoms with Crippen LogP contribution in [0.2, 0.25) is 5.02 Å². The van der Waals surface area contributed by atoms with Gasteiger partial charge in [0.1, 0.15) is 29.8 Å². The molecule has 6 amide bonds. The van der Waals surface area contributed by atoms with Gasteiger partial charge in [-0.25, -0.2) is 21.6 Å². The fourth-order valence-electron chi connectivity index (χ4n) is 10.1. The Kier molecular flexibility index (Phi) is 15.9. The summed E-state index contributed by atoms with van der Waals surface area (Å²) < 4.78 is 113. The molecule has 70 heavy (non-hydrogen) atoms. The number of primary amides is 1. The fourth-order valence-corrected chi connectivity index (χ4v) is 10.9. The van der Waals surface area contributed by atoms with Gasteiger partial charge in [0.2, 0.25) is 35.4 Å². The van der Waals surface area contributed by atoms with Crippen molar-refractivity contribution >= 4 is 57.1 Å². The van der Waals surface area contributed by atoms with E-state index in [0.717, 1.165) is 15.2 Å². The van der Waals surface area contributed by atoms with Gasteiger partial charge in [0.15, 0.2) is 5.41 Å². The number of carbonyl (C=O) groups excluding carboxylic acids is 6. The number of halogens is 7. The molecule has 2 unspecified atom stereocenters. The van der Waals surface area contributed by atoms with Crippen molar-refractivity contribution < 1.29 is 63.5 Å². The number of aromatic nitrogens is 2. The van der Waals surface area contributed by atoms with Gasteiger partial charge < -0.3 is 31.1 Å². The van der Waals surface area contributed by atoms with Crippen LogP contribution in [0.25, 0.3) is 11.1 Å². The van der Waals surface area contributed by atoms with Crippen LogP contribution in [-0.2, 0) is 45.2 Å². The summed E-state index contributed by atoms with van der Waals surface area (Å²) in [6.07, 6.45) is -4.28. The third kappa shape index (κ3) is 11.1. The number of nitrogens with two attached hydrogens (primary N) is 1. The predicted octanol–water partition coefficient (Wildman–Crippen LogP) is 4.78. The number of nitrogens with zero attached hydrogens (tertiary/aromatic N) is 5. The number of hydrogen-bond donors (Lipinski definition) is 3. The Morgan fingerprint density at radius 3 is 2.27 bits per heavy atom. The number of allylic oxidation sites excluding steroid dienone is 2. The standard InChI is InChI=1S/C46H59ClF6N8O8S/c1-26(2)17-33-39(64)59(4)35(19-28-18-30(47)14-15-32(28)29-21-56-61(22-29)70(5,68)69)37(62)55-16-10-8-6-7-9-11-34(38(63)57-33)58(3)40(65)36(27-12-13-27)45(41(54)66)20-31(48)23-60(45)42(67)43(46(51,52)53)24-44(49,50)25-43/h6-7,14-15,18,21-22,26-27,31,33-36H,8-13,16-17,19-20,23-25H2,1-5H3,(H2,54,66)(H,55,62)(H,57,63)/b7-6-/t31?,33-,34-,35-,36+,45?/m0/s1. The molecule has 0 spiro atoms. The van der Waals surface area contributed by atoms with E-state index >= 15 is 9.18 Å². The Hall–Kier alpha value is -5.19. The molecular formula is C46H59ClF6N8O8S. The summed E-state index contributed by atoms with van der Waals surface area (Å²) >= 11 is 6.44. The Bertz CT molecular complexity index is 2500. The second kappa shape index (κ2) is 20.5. The van der Waals surface area contributed by atoms with E-state index in [9.17, 15) is 54.3 Å². The Morgan fingerprint density at radius 2 is 1.70 bits per heavy atom. The van der Waals surface area contributed by atoms with Crippen LogP contribution in [0.15, 0.2) is 42.7 Å². The monoisotopic (exact) mass is 1030 g/mol. The van der Waals surface area contributed by atoms with Crippen LogP contribution in [0.3, 0.4) is 0 Å². The number of likely N-dealkylation sites (tertiary alicyclic amines) is 1. The molecule has 2 aliphatic heterocycles. The lowest BCUT2D eigenvalue weighted by Gasteiger charge is -2.51. The summed E-state index contributed by atoms with van der Waals surface area (Å²) in [6.45, 7) is 2.62. The highest BCUT2D eigenvalue weighted by Gasteiger charge is 2.77. The van der Waals surface area contributed by atoms with Crippen molar-refractivity contribution in [2.24, 2.45) is 28.9 Å². The number of benzene rings is 1. The maximum Gasteiger partial charge on any atom is 0.403 e. The van der Waals surface area contributed by atoms with Crippen molar-refractivity contribution in [3.05, 3.63) is 53.3 Å². The van der Waals surface area contributed by atoms with Gasteiger partial charge in [-0.3, -0.25) is 28.8 Å². The fraction of sp³-hybridized carbons (Fsp3) is 0.630. The minimum absolute atomic E-state index is 0.0189. The first-order valence-corrected chi connectivity index (χ1v) is 25.3. The first-order chi connectivity index (χ1) is 32.5.